The molecule has 0 amide bonds. The van der Waals surface area contributed by atoms with E-state index in [0.717, 1.165) is 18.0 Å². The molecule has 1 aromatic carbocycles. The predicted octanol–water partition coefficient (Wildman–Crippen LogP) is 1.95. The van der Waals surface area contributed by atoms with E-state index < -0.39 is 5.97 Å². The maximum Gasteiger partial charge on any atom is 0.320 e. The van der Waals surface area contributed by atoms with Gasteiger partial charge in [0.1, 0.15) is 6.04 Å². The molecule has 1 saturated heterocycles. The van der Waals surface area contributed by atoms with Gasteiger partial charge in [0, 0.05) is 5.02 Å². The van der Waals surface area contributed by atoms with E-state index in [-0.39, 0.29) is 6.04 Å². The standard InChI is InChI=1S/C12H14ClNO2/c13-10-3-1-2-8(5-10)4-9-6-11(12(15)16)14-7-9/h1-3,5,9,11,14H,4,6-7H2,(H,15,16)/t9-,11-/m1/s1. The lowest BCUT2D eigenvalue weighted by atomic mass is 9.97. The van der Waals surface area contributed by atoms with Crippen LogP contribution in [0.3, 0.4) is 0 Å². The van der Waals surface area contributed by atoms with Gasteiger partial charge in [0.05, 0.1) is 0 Å². The molecule has 0 aromatic heterocycles. The number of nitrogens with one attached hydrogen (secondary N) is 1. The van der Waals surface area contributed by atoms with Crippen LogP contribution in [-0.2, 0) is 11.2 Å². The molecule has 1 aliphatic rings. The highest BCUT2D eigenvalue weighted by Gasteiger charge is 2.28. The van der Waals surface area contributed by atoms with Gasteiger partial charge in [-0.15, -0.1) is 0 Å². The molecule has 4 heteroatoms. The van der Waals surface area contributed by atoms with Gasteiger partial charge in [-0.1, -0.05) is 23.7 Å². The predicted molar refractivity (Wildman–Crippen MR) is 62.7 cm³/mol. The molecule has 1 aliphatic heterocycles. The summed E-state index contributed by atoms with van der Waals surface area (Å²) >= 11 is 5.90. The van der Waals surface area contributed by atoms with Crippen molar-refractivity contribution in [3.63, 3.8) is 0 Å². The van der Waals surface area contributed by atoms with Crippen LogP contribution >= 0.6 is 11.6 Å². The normalized spacial score (nSPS) is 24.6. The lowest BCUT2D eigenvalue weighted by molar-refractivity contribution is -0.139. The van der Waals surface area contributed by atoms with Gasteiger partial charge in [0.25, 0.3) is 0 Å². The molecular formula is C12H14ClNO2. The number of benzene rings is 1. The lowest BCUT2D eigenvalue weighted by Crippen LogP contribution is -2.29. The van der Waals surface area contributed by atoms with Crippen LogP contribution < -0.4 is 5.32 Å². The maximum atomic E-state index is 10.8. The second-order valence-electron chi connectivity index (χ2n) is 4.23. The van der Waals surface area contributed by atoms with Gasteiger partial charge in [-0.3, -0.25) is 4.79 Å². The maximum absolute atomic E-state index is 10.8. The summed E-state index contributed by atoms with van der Waals surface area (Å²) in [5.41, 5.74) is 1.17. The van der Waals surface area contributed by atoms with E-state index in [2.05, 4.69) is 5.32 Å². The van der Waals surface area contributed by atoms with Gasteiger partial charge < -0.3 is 10.4 Å². The summed E-state index contributed by atoms with van der Waals surface area (Å²) in [6.45, 7) is 0.767. The molecule has 1 fully saturated rings. The summed E-state index contributed by atoms with van der Waals surface area (Å²) in [6.07, 6.45) is 1.58. The van der Waals surface area contributed by atoms with Gasteiger partial charge in [-0.2, -0.15) is 0 Å². The SMILES string of the molecule is O=C(O)[C@H]1C[C@@H](Cc2cccc(Cl)c2)CN1. The van der Waals surface area contributed by atoms with Crippen molar-refractivity contribution in [2.45, 2.75) is 18.9 Å². The molecular weight excluding hydrogens is 226 g/mol. The summed E-state index contributed by atoms with van der Waals surface area (Å²) in [7, 11) is 0. The minimum atomic E-state index is -0.756. The minimum Gasteiger partial charge on any atom is -0.480 e. The second-order valence-corrected chi connectivity index (χ2v) is 4.67. The van der Waals surface area contributed by atoms with Gasteiger partial charge in [0.2, 0.25) is 0 Å². The van der Waals surface area contributed by atoms with Crippen LogP contribution in [-0.4, -0.2) is 23.7 Å². The first kappa shape index (κ1) is 11.4. The summed E-state index contributed by atoms with van der Waals surface area (Å²) in [6, 6.07) is 7.35. The summed E-state index contributed by atoms with van der Waals surface area (Å²) in [5, 5.41) is 12.6. The Morgan fingerprint density at radius 2 is 2.38 bits per heavy atom. The lowest BCUT2D eigenvalue weighted by Gasteiger charge is -2.08. The van der Waals surface area contributed by atoms with Crippen LogP contribution in [0.4, 0.5) is 0 Å². The van der Waals surface area contributed by atoms with E-state index in [4.69, 9.17) is 16.7 Å². The fourth-order valence-electron chi connectivity index (χ4n) is 2.15. The number of carboxylic acid groups (broad SMARTS) is 1. The topological polar surface area (TPSA) is 49.3 Å². The zero-order valence-corrected chi connectivity index (χ0v) is 9.57. The van der Waals surface area contributed by atoms with E-state index in [1.54, 1.807) is 0 Å². The van der Waals surface area contributed by atoms with E-state index in [9.17, 15) is 4.79 Å². The number of hydrogen-bond donors (Lipinski definition) is 2. The third-order valence-electron chi connectivity index (χ3n) is 2.93. The quantitative estimate of drug-likeness (QED) is 0.848. The monoisotopic (exact) mass is 239 g/mol. The summed E-state index contributed by atoms with van der Waals surface area (Å²) in [4.78, 5) is 10.8. The fourth-order valence-corrected chi connectivity index (χ4v) is 2.36. The van der Waals surface area contributed by atoms with Crippen LogP contribution in [0.25, 0.3) is 0 Å². The first-order valence-electron chi connectivity index (χ1n) is 5.36. The Hall–Kier alpha value is -1.06. The average Bonchev–Trinajstić information content (AvgIpc) is 2.66. The van der Waals surface area contributed by atoms with Gasteiger partial charge >= 0.3 is 5.97 Å². The molecule has 3 nitrogen and oxygen atoms in total. The molecule has 0 spiro atoms. The molecule has 1 heterocycles. The number of aliphatic carboxylic acids is 1. The largest absolute Gasteiger partial charge is 0.480 e. The Labute approximate surface area is 99.4 Å². The molecule has 0 aliphatic carbocycles. The number of rotatable bonds is 3. The molecule has 2 N–H and O–H groups in total. The van der Waals surface area contributed by atoms with Crippen LogP contribution in [0, 0.1) is 5.92 Å². The van der Waals surface area contributed by atoms with Crippen molar-refractivity contribution in [1.82, 2.24) is 5.32 Å². The van der Waals surface area contributed by atoms with Crippen molar-refractivity contribution in [3.05, 3.63) is 34.9 Å². The van der Waals surface area contributed by atoms with Crippen LogP contribution in [0.15, 0.2) is 24.3 Å². The number of carboxylic acids is 1. The molecule has 16 heavy (non-hydrogen) atoms. The number of hydrogen-bond acceptors (Lipinski definition) is 2. The van der Waals surface area contributed by atoms with Crippen molar-refractivity contribution in [2.24, 2.45) is 5.92 Å². The zero-order valence-electron chi connectivity index (χ0n) is 8.82. The molecule has 2 rings (SSSR count). The Balaban J connectivity index is 1.94. The third kappa shape index (κ3) is 2.74. The molecule has 1 aromatic rings. The van der Waals surface area contributed by atoms with E-state index >= 15 is 0 Å². The highest BCUT2D eigenvalue weighted by Crippen LogP contribution is 2.21. The van der Waals surface area contributed by atoms with Gasteiger partial charge in [-0.05, 0) is 43.0 Å². The van der Waals surface area contributed by atoms with E-state index in [1.807, 2.05) is 24.3 Å². The third-order valence-corrected chi connectivity index (χ3v) is 3.17. The second kappa shape index (κ2) is 4.85. The minimum absolute atomic E-state index is 0.385. The van der Waals surface area contributed by atoms with Crippen molar-refractivity contribution < 1.29 is 9.90 Å². The van der Waals surface area contributed by atoms with Crippen LogP contribution in [0.1, 0.15) is 12.0 Å². The van der Waals surface area contributed by atoms with Gasteiger partial charge in [0.15, 0.2) is 0 Å². The highest BCUT2D eigenvalue weighted by atomic mass is 35.5. The van der Waals surface area contributed by atoms with Crippen molar-refractivity contribution in [2.75, 3.05) is 6.54 Å². The van der Waals surface area contributed by atoms with Gasteiger partial charge in [-0.25, -0.2) is 0 Å². The molecule has 86 valence electrons. The van der Waals surface area contributed by atoms with Crippen molar-refractivity contribution in [3.8, 4) is 0 Å². The summed E-state index contributed by atoms with van der Waals surface area (Å²) < 4.78 is 0. The van der Waals surface area contributed by atoms with Crippen molar-refractivity contribution >= 4 is 17.6 Å². The first-order valence-corrected chi connectivity index (χ1v) is 5.73. The van der Waals surface area contributed by atoms with Crippen LogP contribution in [0.5, 0.6) is 0 Å². The molecule has 0 unspecified atom stereocenters. The zero-order chi connectivity index (χ0) is 11.5. The molecule has 0 radical (unpaired) electrons. The van der Waals surface area contributed by atoms with Crippen molar-refractivity contribution in [1.29, 1.82) is 0 Å². The smallest absolute Gasteiger partial charge is 0.320 e. The van der Waals surface area contributed by atoms with E-state index in [1.165, 1.54) is 5.56 Å². The highest BCUT2D eigenvalue weighted by molar-refractivity contribution is 6.30. The van der Waals surface area contributed by atoms with Crippen LogP contribution in [0.2, 0.25) is 5.02 Å². The Kier molecular flexibility index (Phi) is 3.46. The Morgan fingerprint density at radius 3 is 3.00 bits per heavy atom. The molecule has 0 bridgehead atoms. The van der Waals surface area contributed by atoms with E-state index in [0.29, 0.717) is 12.3 Å². The molecule has 0 saturated carbocycles. The summed E-state index contributed by atoms with van der Waals surface area (Å²) in [5.74, 6) is -0.367. The fraction of sp³-hybridized carbons (Fsp3) is 0.417. The first-order chi connectivity index (χ1) is 7.65. The Morgan fingerprint density at radius 1 is 1.56 bits per heavy atom. The molecule has 2 atom stereocenters. The number of halogens is 1. The number of carbonyl (C=O) groups is 1. The average molecular weight is 240 g/mol. The Bertz CT molecular complexity index is 394.